The van der Waals surface area contributed by atoms with Gasteiger partial charge in [-0.05, 0) is 30.3 Å². The molecule has 0 spiro atoms. The molecule has 0 amide bonds. The highest BCUT2D eigenvalue weighted by atomic mass is 16.5. The molecule has 0 aromatic heterocycles. The summed E-state index contributed by atoms with van der Waals surface area (Å²) in [6.45, 7) is 0. The Bertz CT molecular complexity index is 632. The molecule has 0 atom stereocenters. The number of methoxy groups -OCH3 is 1. The first-order valence-electron chi connectivity index (χ1n) is 5.83. The van der Waals surface area contributed by atoms with Crippen LogP contribution in [0.5, 0.6) is 5.75 Å². The number of anilines is 3. The summed E-state index contributed by atoms with van der Waals surface area (Å²) >= 11 is 0. The van der Waals surface area contributed by atoms with Crippen LogP contribution in [0.3, 0.4) is 0 Å². The van der Waals surface area contributed by atoms with E-state index in [1.54, 1.807) is 19.2 Å². The minimum absolute atomic E-state index is 0.481. The molecule has 0 heterocycles. The summed E-state index contributed by atoms with van der Waals surface area (Å²) in [6, 6.07) is 15.2. The zero-order valence-electron chi connectivity index (χ0n) is 10.9. The highest BCUT2D eigenvalue weighted by Gasteiger charge is 2.07. The molecule has 96 valence electrons. The maximum atomic E-state index is 8.87. The molecule has 0 aliphatic heterocycles. The van der Waals surface area contributed by atoms with E-state index >= 15 is 0 Å². The van der Waals surface area contributed by atoms with E-state index in [0.717, 1.165) is 17.1 Å². The van der Waals surface area contributed by atoms with Gasteiger partial charge in [0, 0.05) is 24.5 Å². The zero-order chi connectivity index (χ0) is 13.8. The van der Waals surface area contributed by atoms with E-state index in [9.17, 15) is 0 Å². The minimum Gasteiger partial charge on any atom is -0.497 e. The molecular formula is C15H15N3O. The van der Waals surface area contributed by atoms with E-state index in [1.165, 1.54) is 0 Å². The number of ether oxygens (including phenoxy) is 1. The topological polar surface area (TPSA) is 62.3 Å². The first-order valence-corrected chi connectivity index (χ1v) is 5.83. The maximum absolute atomic E-state index is 8.87. The number of nitriles is 1. The summed E-state index contributed by atoms with van der Waals surface area (Å²) < 4.78 is 5.21. The second-order valence-electron chi connectivity index (χ2n) is 4.14. The third-order valence-electron chi connectivity index (χ3n) is 2.98. The third kappa shape index (κ3) is 2.61. The van der Waals surface area contributed by atoms with Crippen LogP contribution in [0.2, 0.25) is 0 Å². The van der Waals surface area contributed by atoms with Crippen LogP contribution in [-0.2, 0) is 0 Å². The molecule has 0 unspecified atom stereocenters. The minimum atomic E-state index is 0.481. The fraction of sp³-hybridized carbons (Fsp3) is 0.133. The smallest absolute Gasteiger partial charge is 0.120 e. The fourth-order valence-electron chi connectivity index (χ4n) is 1.83. The molecule has 2 aromatic carbocycles. The van der Waals surface area contributed by atoms with Gasteiger partial charge in [0.05, 0.1) is 18.4 Å². The molecule has 0 radical (unpaired) electrons. The number of nitrogen functional groups attached to an aromatic ring is 1. The second-order valence-corrected chi connectivity index (χ2v) is 4.14. The molecular weight excluding hydrogens is 238 g/mol. The van der Waals surface area contributed by atoms with Gasteiger partial charge in [-0.1, -0.05) is 6.07 Å². The lowest BCUT2D eigenvalue weighted by molar-refractivity contribution is 0.415. The van der Waals surface area contributed by atoms with Gasteiger partial charge in [0.1, 0.15) is 11.8 Å². The van der Waals surface area contributed by atoms with E-state index in [-0.39, 0.29) is 0 Å². The number of nitrogens with zero attached hydrogens (tertiary/aromatic N) is 2. The summed E-state index contributed by atoms with van der Waals surface area (Å²) in [5, 5.41) is 8.87. The van der Waals surface area contributed by atoms with Crippen molar-refractivity contribution in [1.29, 1.82) is 5.26 Å². The number of rotatable bonds is 3. The van der Waals surface area contributed by atoms with Gasteiger partial charge in [0.15, 0.2) is 0 Å². The molecule has 0 fully saturated rings. The van der Waals surface area contributed by atoms with Gasteiger partial charge in [-0.2, -0.15) is 5.26 Å². The Labute approximate surface area is 112 Å². The van der Waals surface area contributed by atoms with Gasteiger partial charge >= 0.3 is 0 Å². The summed E-state index contributed by atoms with van der Waals surface area (Å²) in [6.07, 6.45) is 0. The summed E-state index contributed by atoms with van der Waals surface area (Å²) in [7, 11) is 3.58. The van der Waals surface area contributed by atoms with Crippen LogP contribution in [0.15, 0.2) is 42.5 Å². The monoisotopic (exact) mass is 253 g/mol. The van der Waals surface area contributed by atoms with Gasteiger partial charge in [-0.3, -0.25) is 0 Å². The summed E-state index contributed by atoms with van der Waals surface area (Å²) in [5.41, 5.74) is 8.71. The molecule has 0 aliphatic carbocycles. The van der Waals surface area contributed by atoms with Crippen LogP contribution >= 0.6 is 0 Å². The van der Waals surface area contributed by atoms with E-state index in [0.29, 0.717) is 11.3 Å². The fourth-order valence-corrected chi connectivity index (χ4v) is 1.83. The van der Waals surface area contributed by atoms with E-state index < -0.39 is 0 Å². The molecule has 0 saturated heterocycles. The third-order valence-corrected chi connectivity index (χ3v) is 2.98. The molecule has 2 N–H and O–H groups in total. The lowest BCUT2D eigenvalue weighted by Crippen LogP contribution is -2.10. The average molecular weight is 253 g/mol. The molecule has 4 heteroatoms. The predicted molar refractivity (Wildman–Crippen MR) is 76.6 cm³/mol. The van der Waals surface area contributed by atoms with Crippen LogP contribution in [0, 0.1) is 11.3 Å². The maximum Gasteiger partial charge on any atom is 0.120 e. The van der Waals surface area contributed by atoms with Crippen LogP contribution in [0.4, 0.5) is 17.1 Å². The standard InChI is InChI=1S/C15H15N3O/c1-18(12-4-3-5-14(8-12)19-2)13-7-6-11(10-16)15(17)9-13/h3-9H,17H2,1-2H3. The number of hydrogen-bond acceptors (Lipinski definition) is 4. The molecule has 19 heavy (non-hydrogen) atoms. The van der Waals surface area contributed by atoms with Crippen molar-refractivity contribution in [3.63, 3.8) is 0 Å². The van der Waals surface area contributed by atoms with Crippen molar-refractivity contribution in [1.82, 2.24) is 0 Å². The largest absolute Gasteiger partial charge is 0.497 e. The first-order chi connectivity index (χ1) is 9.15. The van der Waals surface area contributed by atoms with Crippen molar-refractivity contribution in [2.24, 2.45) is 0 Å². The molecule has 0 saturated carbocycles. The van der Waals surface area contributed by atoms with Crippen LogP contribution < -0.4 is 15.4 Å². The normalized spacial score (nSPS) is 9.74. The van der Waals surface area contributed by atoms with Crippen LogP contribution in [0.1, 0.15) is 5.56 Å². The van der Waals surface area contributed by atoms with Crippen LogP contribution in [-0.4, -0.2) is 14.2 Å². The van der Waals surface area contributed by atoms with Crippen molar-refractivity contribution in [3.05, 3.63) is 48.0 Å². The van der Waals surface area contributed by atoms with Crippen LogP contribution in [0.25, 0.3) is 0 Å². The lowest BCUT2D eigenvalue weighted by Gasteiger charge is -2.20. The Morgan fingerprint density at radius 1 is 1.16 bits per heavy atom. The van der Waals surface area contributed by atoms with Gasteiger partial charge in [-0.15, -0.1) is 0 Å². The van der Waals surface area contributed by atoms with Crippen molar-refractivity contribution in [2.75, 3.05) is 24.8 Å². The Morgan fingerprint density at radius 2 is 1.89 bits per heavy atom. The second kappa shape index (κ2) is 5.32. The molecule has 0 bridgehead atoms. The Kier molecular flexibility index (Phi) is 3.58. The van der Waals surface area contributed by atoms with Crippen molar-refractivity contribution >= 4 is 17.1 Å². The lowest BCUT2D eigenvalue weighted by atomic mass is 10.1. The Hall–Kier alpha value is -2.67. The Balaban J connectivity index is 2.35. The number of benzene rings is 2. The van der Waals surface area contributed by atoms with Crippen molar-refractivity contribution < 1.29 is 4.74 Å². The first kappa shape index (κ1) is 12.8. The van der Waals surface area contributed by atoms with E-state index in [4.69, 9.17) is 15.7 Å². The van der Waals surface area contributed by atoms with E-state index in [1.807, 2.05) is 42.3 Å². The quantitative estimate of drug-likeness (QED) is 0.854. The highest BCUT2D eigenvalue weighted by molar-refractivity contribution is 5.69. The predicted octanol–water partition coefficient (Wildman–Crippen LogP) is 2.92. The van der Waals surface area contributed by atoms with E-state index in [2.05, 4.69) is 6.07 Å². The summed E-state index contributed by atoms with van der Waals surface area (Å²) in [4.78, 5) is 1.99. The van der Waals surface area contributed by atoms with Gasteiger partial charge in [0.25, 0.3) is 0 Å². The number of nitrogens with two attached hydrogens (primary N) is 1. The highest BCUT2D eigenvalue weighted by Crippen LogP contribution is 2.28. The van der Waals surface area contributed by atoms with Gasteiger partial charge in [0.2, 0.25) is 0 Å². The van der Waals surface area contributed by atoms with Gasteiger partial charge < -0.3 is 15.4 Å². The molecule has 2 rings (SSSR count). The summed E-state index contributed by atoms with van der Waals surface area (Å²) in [5.74, 6) is 0.797. The van der Waals surface area contributed by atoms with Crippen molar-refractivity contribution in [3.8, 4) is 11.8 Å². The number of hydrogen-bond donors (Lipinski definition) is 1. The molecule has 4 nitrogen and oxygen atoms in total. The average Bonchev–Trinajstić information content (AvgIpc) is 2.46. The Morgan fingerprint density at radius 3 is 2.53 bits per heavy atom. The molecule has 0 aliphatic rings. The zero-order valence-corrected chi connectivity index (χ0v) is 10.9. The van der Waals surface area contributed by atoms with Gasteiger partial charge in [-0.25, -0.2) is 0 Å². The molecule has 2 aromatic rings. The SMILES string of the molecule is COc1cccc(N(C)c2ccc(C#N)c(N)c2)c1. The van der Waals surface area contributed by atoms with Crippen molar-refractivity contribution in [2.45, 2.75) is 0 Å².